The van der Waals surface area contributed by atoms with E-state index in [1.165, 1.54) is 27.4 Å². The van der Waals surface area contributed by atoms with Crippen molar-refractivity contribution in [1.82, 2.24) is 9.88 Å². The summed E-state index contributed by atoms with van der Waals surface area (Å²) < 4.78 is 1.12. The Labute approximate surface area is 152 Å². The standard InChI is InChI=1S/C21H23BrN2/c1-15(2)19-8-5-4-7-17(19)11-10-16(3)24-13-18(14-24)21-20(22)9-6-12-23-21/h4-12,18H,13-14H2,1-3H3/b16-10+,17-11-. The Balaban J connectivity index is 1.75. The Morgan fingerprint density at radius 3 is 2.58 bits per heavy atom. The van der Waals surface area contributed by atoms with Gasteiger partial charge >= 0.3 is 0 Å². The molecule has 1 saturated heterocycles. The Bertz CT molecular complexity index is 873. The van der Waals surface area contributed by atoms with E-state index in [0.29, 0.717) is 5.92 Å². The average Bonchev–Trinajstić information content (AvgIpc) is 2.53. The number of allylic oxidation sites excluding steroid dienone is 2. The molecule has 2 nitrogen and oxygen atoms in total. The fraction of sp³-hybridized carbons (Fsp3) is 0.286. The van der Waals surface area contributed by atoms with Gasteiger partial charge in [-0.25, -0.2) is 0 Å². The van der Waals surface area contributed by atoms with Gasteiger partial charge in [-0.1, -0.05) is 35.9 Å². The maximum absolute atomic E-state index is 4.52. The number of likely N-dealkylation sites (tertiary alicyclic amines) is 1. The molecule has 0 saturated carbocycles. The molecule has 0 amide bonds. The van der Waals surface area contributed by atoms with Crippen molar-refractivity contribution in [3.63, 3.8) is 0 Å². The van der Waals surface area contributed by atoms with Crippen molar-refractivity contribution in [3.8, 4) is 0 Å². The summed E-state index contributed by atoms with van der Waals surface area (Å²) in [6.07, 6.45) is 6.33. The maximum Gasteiger partial charge on any atom is 0.0611 e. The summed E-state index contributed by atoms with van der Waals surface area (Å²) in [5.74, 6) is 0.516. The SMILES string of the molecule is CC(C)=c1cccc/c1=C/C=C(\C)N1CC(c2ncccc2Br)C1. The number of rotatable bonds is 3. The molecule has 3 rings (SSSR count). The molecular formula is C21H23BrN2. The molecule has 1 aliphatic heterocycles. The van der Waals surface area contributed by atoms with Crippen LogP contribution < -0.4 is 10.4 Å². The van der Waals surface area contributed by atoms with E-state index in [-0.39, 0.29) is 0 Å². The molecule has 1 aromatic heterocycles. The molecule has 2 aromatic rings. The Hall–Kier alpha value is -1.87. The van der Waals surface area contributed by atoms with E-state index in [1.54, 1.807) is 0 Å². The number of pyridine rings is 1. The topological polar surface area (TPSA) is 16.1 Å². The van der Waals surface area contributed by atoms with E-state index in [4.69, 9.17) is 0 Å². The third-order valence-corrected chi connectivity index (χ3v) is 5.23. The second-order valence-corrected chi connectivity index (χ2v) is 7.39. The highest BCUT2D eigenvalue weighted by Gasteiger charge is 2.30. The Kier molecular flexibility index (Phi) is 5.20. The van der Waals surface area contributed by atoms with Crippen LogP contribution in [0.1, 0.15) is 32.4 Å². The monoisotopic (exact) mass is 382 g/mol. The molecule has 0 unspecified atom stereocenters. The molecule has 0 aliphatic carbocycles. The quantitative estimate of drug-likeness (QED) is 0.801. The smallest absolute Gasteiger partial charge is 0.0611 e. The zero-order chi connectivity index (χ0) is 17.1. The number of hydrogen-bond acceptors (Lipinski definition) is 2. The van der Waals surface area contributed by atoms with Crippen LogP contribution in [0.15, 0.2) is 58.8 Å². The van der Waals surface area contributed by atoms with Gasteiger partial charge in [-0.05, 0) is 65.3 Å². The zero-order valence-electron chi connectivity index (χ0n) is 14.5. The maximum atomic E-state index is 4.52. The number of aromatic nitrogens is 1. The van der Waals surface area contributed by atoms with Crippen LogP contribution in [0.3, 0.4) is 0 Å². The molecular weight excluding hydrogens is 360 g/mol. The van der Waals surface area contributed by atoms with Gasteiger partial charge in [0, 0.05) is 35.4 Å². The molecule has 24 heavy (non-hydrogen) atoms. The fourth-order valence-corrected chi connectivity index (χ4v) is 3.63. The predicted molar refractivity (Wildman–Crippen MR) is 105 cm³/mol. The van der Waals surface area contributed by atoms with Gasteiger partial charge in [-0.3, -0.25) is 4.98 Å². The molecule has 1 aliphatic rings. The average molecular weight is 383 g/mol. The van der Waals surface area contributed by atoms with Crippen LogP contribution in [0.4, 0.5) is 0 Å². The first-order valence-electron chi connectivity index (χ1n) is 8.33. The van der Waals surface area contributed by atoms with Crippen LogP contribution in [0.2, 0.25) is 0 Å². The predicted octanol–water partition coefficient (Wildman–Crippen LogP) is 3.82. The fourth-order valence-electron chi connectivity index (χ4n) is 3.05. The van der Waals surface area contributed by atoms with Crippen LogP contribution in [-0.4, -0.2) is 23.0 Å². The zero-order valence-corrected chi connectivity index (χ0v) is 16.0. The van der Waals surface area contributed by atoms with Crippen molar-refractivity contribution in [2.75, 3.05) is 13.1 Å². The summed E-state index contributed by atoms with van der Waals surface area (Å²) in [7, 11) is 0. The third-order valence-electron chi connectivity index (χ3n) is 4.56. The van der Waals surface area contributed by atoms with E-state index in [1.807, 2.05) is 12.3 Å². The lowest BCUT2D eigenvalue weighted by atomic mass is 9.95. The minimum Gasteiger partial charge on any atom is -0.374 e. The van der Waals surface area contributed by atoms with Crippen molar-refractivity contribution in [2.45, 2.75) is 26.7 Å². The normalized spacial score (nSPS) is 16.2. The van der Waals surface area contributed by atoms with Crippen molar-refractivity contribution >= 4 is 27.6 Å². The van der Waals surface area contributed by atoms with Crippen LogP contribution in [0.25, 0.3) is 11.6 Å². The lowest BCUT2D eigenvalue weighted by Gasteiger charge is -2.41. The molecule has 0 N–H and O–H groups in total. The van der Waals surface area contributed by atoms with Crippen molar-refractivity contribution in [1.29, 1.82) is 0 Å². The highest BCUT2D eigenvalue weighted by molar-refractivity contribution is 9.10. The Morgan fingerprint density at radius 2 is 1.88 bits per heavy atom. The molecule has 0 spiro atoms. The summed E-state index contributed by atoms with van der Waals surface area (Å²) in [6.45, 7) is 8.58. The van der Waals surface area contributed by atoms with E-state index < -0.39 is 0 Å². The summed E-state index contributed by atoms with van der Waals surface area (Å²) >= 11 is 3.61. The molecule has 0 atom stereocenters. The highest BCUT2D eigenvalue weighted by atomic mass is 79.9. The van der Waals surface area contributed by atoms with E-state index in [0.717, 1.165) is 17.6 Å². The number of benzene rings is 1. The van der Waals surface area contributed by atoms with E-state index in [9.17, 15) is 0 Å². The summed E-state index contributed by atoms with van der Waals surface area (Å²) in [4.78, 5) is 6.93. The van der Waals surface area contributed by atoms with E-state index in [2.05, 4.69) is 89.1 Å². The van der Waals surface area contributed by atoms with Gasteiger partial charge < -0.3 is 4.90 Å². The van der Waals surface area contributed by atoms with Gasteiger partial charge in [0.2, 0.25) is 0 Å². The second kappa shape index (κ2) is 7.35. The van der Waals surface area contributed by atoms with Gasteiger partial charge in [0.05, 0.1) is 5.69 Å². The molecule has 0 radical (unpaired) electrons. The molecule has 2 heterocycles. The van der Waals surface area contributed by atoms with Crippen molar-refractivity contribution in [3.05, 3.63) is 75.0 Å². The minimum atomic E-state index is 0.516. The van der Waals surface area contributed by atoms with Crippen LogP contribution >= 0.6 is 15.9 Å². The van der Waals surface area contributed by atoms with Gasteiger partial charge in [0.1, 0.15) is 0 Å². The number of nitrogens with zero attached hydrogens (tertiary/aromatic N) is 2. The van der Waals surface area contributed by atoms with Crippen molar-refractivity contribution in [2.24, 2.45) is 0 Å². The molecule has 0 bridgehead atoms. The lowest BCUT2D eigenvalue weighted by molar-refractivity contribution is 0.196. The summed E-state index contributed by atoms with van der Waals surface area (Å²) in [5.41, 5.74) is 3.82. The first-order valence-corrected chi connectivity index (χ1v) is 9.12. The number of halogens is 1. The van der Waals surface area contributed by atoms with Gasteiger partial charge in [0.25, 0.3) is 0 Å². The molecule has 124 valence electrons. The lowest BCUT2D eigenvalue weighted by Crippen LogP contribution is -2.44. The van der Waals surface area contributed by atoms with Gasteiger partial charge in [-0.2, -0.15) is 0 Å². The first kappa shape index (κ1) is 17.0. The summed E-state index contributed by atoms with van der Waals surface area (Å²) in [6, 6.07) is 12.6. The molecule has 1 fully saturated rings. The third kappa shape index (κ3) is 3.62. The Morgan fingerprint density at radius 1 is 1.12 bits per heavy atom. The summed E-state index contributed by atoms with van der Waals surface area (Å²) in [5, 5.41) is 2.60. The molecule has 1 aromatic carbocycles. The van der Waals surface area contributed by atoms with Crippen molar-refractivity contribution < 1.29 is 0 Å². The van der Waals surface area contributed by atoms with Crippen LogP contribution in [0.5, 0.6) is 0 Å². The van der Waals surface area contributed by atoms with Gasteiger partial charge in [-0.15, -0.1) is 0 Å². The highest BCUT2D eigenvalue weighted by Crippen LogP contribution is 2.32. The largest absolute Gasteiger partial charge is 0.374 e. The van der Waals surface area contributed by atoms with Gasteiger partial charge in [0.15, 0.2) is 0 Å². The van der Waals surface area contributed by atoms with E-state index >= 15 is 0 Å². The number of hydrogen-bond donors (Lipinski definition) is 0. The first-order chi connectivity index (χ1) is 11.6. The van der Waals surface area contributed by atoms with Crippen LogP contribution in [-0.2, 0) is 0 Å². The minimum absolute atomic E-state index is 0.516. The second-order valence-electron chi connectivity index (χ2n) is 6.53. The van der Waals surface area contributed by atoms with Crippen LogP contribution in [0, 0.1) is 0 Å². The molecule has 3 heteroatoms.